The molecule has 0 saturated heterocycles. The number of carbonyl (C=O) groups excluding carboxylic acids is 1. The predicted molar refractivity (Wildman–Crippen MR) is 113 cm³/mol. The summed E-state index contributed by atoms with van der Waals surface area (Å²) in [6.45, 7) is 0.569. The van der Waals surface area contributed by atoms with Crippen molar-refractivity contribution in [3.05, 3.63) is 40.3 Å². The van der Waals surface area contributed by atoms with Crippen molar-refractivity contribution < 1.29 is 19.4 Å². The third-order valence-corrected chi connectivity index (χ3v) is 7.82. The molecule has 0 atom stereocenters. The predicted octanol–water partition coefficient (Wildman–Crippen LogP) is 4.11. The Morgan fingerprint density at radius 2 is 1.96 bits per heavy atom. The summed E-state index contributed by atoms with van der Waals surface area (Å²) in [5.74, 6) is 1.38. The van der Waals surface area contributed by atoms with Gasteiger partial charge in [0.1, 0.15) is 5.75 Å². The van der Waals surface area contributed by atoms with Crippen LogP contribution in [-0.2, 0) is 17.6 Å². The highest BCUT2D eigenvalue weighted by atomic mass is 33.1. The van der Waals surface area contributed by atoms with Crippen molar-refractivity contribution in [3.8, 4) is 16.2 Å². The summed E-state index contributed by atoms with van der Waals surface area (Å²) in [5.41, 5.74) is 3.71. The number of rotatable bonds is 9. The summed E-state index contributed by atoms with van der Waals surface area (Å²) in [6, 6.07) is 8.14. The fraction of sp³-hybridized carbons (Fsp3) is 0.368. The molecular formula is C19H21NO4S3. The van der Waals surface area contributed by atoms with Gasteiger partial charge in [-0.15, -0.1) is 11.3 Å². The Labute approximate surface area is 170 Å². The SMILES string of the molecule is COc1ccc2c(c1)CCc1cc(C(=O)NCCSSCCC(=O)O)sc1-2. The van der Waals surface area contributed by atoms with Crippen LogP contribution >= 0.6 is 32.9 Å². The van der Waals surface area contributed by atoms with E-state index in [1.807, 2.05) is 12.1 Å². The van der Waals surface area contributed by atoms with Gasteiger partial charge in [-0.2, -0.15) is 0 Å². The van der Waals surface area contributed by atoms with E-state index in [1.165, 1.54) is 32.4 Å². The van der Waals surface area contributed by atoms with E-state index in [0.717, 1.165) is 29.2 Å². The number of methoxy groups -OCH3 is 1. The molecule has 144 valence electrons. The van der Waals surface area contributed by atoms with Crippen LogP contribution in [0.5, 0.6) is 5.75 Å². The smallest absolute Gasteiger partial charge is 0.304 e. The highest BCUT2D eigenvalue weighted by Gasteiger charge is 2.22. The third kappa shape index (κ3) is 5.21. The van der Waals surface area contributed by atoms with Crippen molar-refractivity contribution in [2.75, 3.05) is 25.2 Å². The molecule has 0 spiro atoms. The Bertz CT molecular complexity index is 834. The lowest BCUT2D eigenvalue weighted by Gasteiger charge is -2.16. The fourth-order valence-corrected chi connectivity index (χ4v) is 5.96. The zero-order valence-corrected chi connectivity index (χ0v) is 17.4. The monoisotopic (exact) mass is 423 g/mol. The maximum atomic E-state index is 12.4. The Morgan fingerprint density at radius 3 is 2.74 bits per heavy atom. The van der Waals surface area contributed by atoms with Gasteiger partial charge in [-0.3, -0.25) is 9.59 Å². The van der Waals surface area contributed by atoms with Crippen LogP contribution in [0.25, 0.3) is 10.4 Å². The third-order valence-electron chi connectivity index (χ3n) is 4.21. The molecule has 2 aromatic rings. The number of thiophene rings is 1. The first-order chi connectivity index (χ1) is 13.1. The molecule has 1 aromatic carbocycles. The zero-order chi connectivity index (χ0) is 19.2. The molecule has 0 saturated carbocycles. The number of fused-ring (bicyclic) bond motifs is 3. The summed E-state index contributed by atoms with van der Waals surface area (Å²) in [6.07, 6.45) is 2.06. The molecule has 1 aromatic heterocycles. The minimum absolute atomic E-state index is 0.0411. The van der Waals surface area contributed by atoms with E-state index >= 15 is 0 Å². The number of carbonyl (C=O) groups is 2. The van der Waals surface area contributed by atoms with Crippen molar-refractivity contribution >= 4 is 44.8 Å². The molecule has 0 radical (unpaired) electrons. The first-order valence-corrected chi connectivity index (χ1v) is 11.9. The molecular weight excluding hydrogens is 402 g/mol. The summed E-state index contributed by atoms with van der Waals surface area (Å²) >= 11 is 1.54. The maximum Gasteiger partial charge on any atom is 0.304 e. The second-order valence-corrected chi connectivity index (χ2v) is 9.79. The Balaban J connectivity index is 1.54. The number of aliphatic carboxylic acids is 1. The lowest BCUT2D eigenvalue weighted by Crippen LogP contribution is -2.24. The van der Waals surface area contributed by atoms with E-state index in [0.29, 0.717) is 12.3 Å². The van der Waals surface area contributed by atoms with Gasteiger partial charge in [0.2, 0.25) is 0 Å². The molecule has 0 bridgehead atoms. The van der Waals surface area contributed by atoms with Crippen LogP contribution in [0.2, 0.25) is 0 Å². The number of hydrogen-bond acceptors (Lipinski definition) is 6. The van der Waals surface area contributed by atoms with Crippen molar-refractivity contribution in [3.63, 3.8) is 0 Å². The van der Waals surface area contributed by atoms with Crippen LogP contribution in [0.15, 0.2) is 24.3 Å². The molecule has 1 amide bonds. The molecule has 0 aliphatic heterocycles. The summed E-state index contributed by atoms with van der Waals surface area (Å²) in [5, 5.41) is 11.5. The number of carboxylic acids is 1. The number of hydrogen-bond donors (Lipinski definition) is 2. The maximum absolute atomic E-state index is 12.4. The van der Waals surface area contributed by atoms with Crippen LogP contribution in [0.1, 0.15) is 27.2 Å². The van der Waals surface area contributed by atoms with Crippen LogP contribution in [0.3, 0.4) is 0 Å². The number of amides is 1. The van der Waals surface area contributed by atoms with Gasteiger partial charge in [0.15, 0.2) is 0 Å². The average Bonchev–Trinajstić information content (AvgIpc) is 3.11. The van der Waals surface area contributed by atoms with E-state index in [4.69, 9.17) is 9.84 Å². The van der Waals surface area contributed by atoms with E-state index < -0.39 is 5.97 Å². The van der Waals surface area contributed by atoms with Crippen LogP contribution in [-0.4, -0.2) is 42.1 Å². The number of nitrogens with one attached hydrogen (secondary N) is 1. The van der Waals surface area contributed by atoms with Crippen molar-refractivity contribution in [1.82, 2.24) is 5.32 Å². The van der Waals surface area contributed by atoms with Gasteiger partial charge in [0.05, 0.1) is 18.4 Å². The zero-order valence-electron chi connectivity index (χ0n) is 14.9. The lowest BCUT2D eigenvalue weighted by atomic mass is 9.91. The molecule has 8 heteroatoms. The van der Waals surface area contributed by atoms with Crippen LogP contribution < -0.4 is 10.1 Å². The second-order valence-electron chi connectivity index (χ2n) is 6.03. The molecule has 5 nitrogen and oxygen atoms in total. The molecule has 2 N–H and O–H groups in total. The van der Waals surface area contributed by atoms with Gasteiger partial charge in [-0.1, -0.05) is 21.6 Å². The summed E-state index contributed by atoms with van der Waals surface area (Å²) in [4.78, 5) is 24.8. The van der Waals surface area contributed by atoms with E-state index in [9.17, 15) is 9.59 Å². The van der Waals surface area contributed by atoms with Gasteiger partial charge < -0.3 is 15.2 Å². The molecule has 0 fully saturated rings. The first kappa shape index (κ1) is 20.1. The highest BCUT2D eigenvalue weighted by molar-refractivity contribution is 8.76. The van der Waals surface area contributed by atoms with E-state index in [2.05, 4.69) is 17.4 Å². The molecule has 27 heavy (non-hydrogen) atoms. The summed E-state index contributed by atoms with van der Waals surface area (Å²) in [7, 11) is 4.78. The van der Waals surface area contributed by atoms with Gasteiger partial charge in [0.25, 0.3) is 5.91 Å². The van der Waals surface area contributed by atoms with Crippen LogP contribution in [0.4, 0.5) is 0 Å². The van der Waals surface area contributed by atoms with Crippen molar-refractivity contribution in [1.29, 1.82) is 0 Å². The van der Waals surface area contributed by atoms with E-state index in [-0.39, 0.29) is 12.3 Å². The number of ether oxygens (including phenoxy) is 1. The summed E-state index contributed by atoms with van der Waals surface area (Å²) < 4.78 is 5.31. The minimum atomic E-state index is -0.780. The largest absolute Gasteiger partial charge is 0.497 e. The average molecular weight is 424 g/mol. The minimum Gasteiger partial charge on any atom is -0.497 e. The van der Waals surface area contributed by atoms with Crippen molar-refractivity contribution in [2.24, 2.45) is 0 Å². The van der Waals surface area contributed by atoms with Gasteiger partial charge in [-0.25, -0.2) is 0 Å². The van der Waals surface area contributed by atoms with Gasteiger partial charge >= 0.3 is 5.97 Å². The molecule has 1 aliphatic rings. The standard InChI is InChI=1S/C19H21NO4S3/c1-24-14-4-5-15-12(10-14)2-3-13-11-16(27-18(13)15)19(23)20-7-9-26-25-8-6-17(21)22/h4-5,10-11H,2-3,6-9H2,1H3,(H,20,23)(H,21,22). The molecule has 0 unspecified atom stereocenters. The highest BCUT2D eigenvalue weighted by Crippen LogP contribution is 2.40. The Hall–Kier alpha value is -1.64. The Kier molecular flexibility index (Phi) is 7.09. The number of aryl methyl sites for hydroxylation is 2. The first-order valence-electron chi connectivity index (χ1n) is 8.63. The van der Waals surface area contributed by atoms with E-state index in [1.54, 1.807) is 29.2 Å². The molecule has 1 heterocycles. The molecule has 1 aliphatic carbocycles. The molecule has 3 rings (SSSR count). The van der Waals surface area contributed by atoms with Crippen LogP contribution in [0, 0.1) is 0 Å². The van der Waals surface area contributed by atoms with Gasteiger partial charge in [0, 0.05) is 22.9 Å². The quantitative estimate of drug-likeness (QED) is 0.467. The number of benzene rings is 1. The fourth-order valence-electron chi connectivity index (χ4n) is 2.89. The Morgan fingerprint density at radius 1 is 1.19 bits per heavy atom. The van der Waals surface area contributed by atoms with Crippen molar-refractivity contribution in [2.45, 2.75) is 19.3 Å². The second kappa shape index (κ2) is 9.52. The number of carboxylic acid groups (broad SMARTS) is 1. The lowest BCUT2D eigenvalue weighted by molar-refractivity contribution is -0.136. The van der Waals surface area contributed by atoms with Gasteiger partial charge in [-0.05, 0) is 53.8 Å². The normalized spacial score (nSPS) is 12.2. The topological polar surface area (TPSA) is 75.6 Å².